The molecule has 1 rings (SSSR count). The van der Waals surface area contributed by atoms with Crippen molar-refractivity contribution >= 4 is 33.2 Å². The van der Waals surface area contributed by atoms with Gasteiger partial charge in [0, 0.05) is 33.7 Å². The third kappa shape index (κ3) is 7.82. The predicted molar refractivity (Wildman–Crippen MR) is 84.0 cm³/mol. The maximum atomic E-state index is 11.1. The van der Waals surface area contributed by atoms with Crippen molar-refractivity contribution in [3.63, 3.8) is 0 Å². The first-order chi connectivity index (χ1) is 8.90. The van der Waals surface area contributed by atoms with Crippen molar-refractivity contribution in [2.45, 2.75) is 23.8 Å². The molecule has 0 aliphatic rings. The average molecular weight is 322 g/mol. The van der Waals surface area contributed by atoms with Gasteiger partial charge in [-0.25, -0.2) is 8.42 Å². The van der Waals surface area contributed by atoms with E-state index in [0.717, 1.165) is 17.2 Å². The fourth-order valence-electron chi connectivity index (χ4n) is 1.63. The van der Waals surface area contributed by atoms with Crippen LogP contribution >= 0.6 is 23.4 Å². The minimum absolute atomic E-state index is 0.261. The van der Waals surface area contributed by atoms with Crippen molar-refractivity contribution in [1.29, 1.82) is 0 Å². The quantitative estimate of drug-likeness (QED) is 0.748. The number of benzene rings is 1. The van der Waals surface area contributed by atoms with E-state index >= 15 is 0 Å². The van der Waals surface area contributed by atoms with Gasteiger partial charge in [-0.3, -0.25) is 0 Å². The molecule has 0 amide bonds. The summed E-state index contributed by atoms with van der Waals surface area (Å²) in [4.78, 5) is 1.17. The molecule has 108 valence electrons. The molecule has 0 aromatic heterocycles. The van der Waals surface area contributed by atoms with Crippen LogP contribution in [0, 0.1) is 0 Å². The molecule has 0 saturated heterocycles. The van der Waals surface area contributed by atoms with Crippen LogP contribution in [-0.2, 0) is 9.84 Å². The maximum Gasteiger partial charge on any atom is 0.147 e. The van der Waals surface area contributed by atoms with Crippen LogP contribution in [0.2, 0.25) is 5.02 Å². The summed E-state index contributed by atoms with van der Waals surface area (Å²) in [6, 6.07) is 8.07. The Morgan fingerprint density at radius 2 is 1.95 bits per heavy atom. The summed E-state index contributed by atoms with van der Waals surface area (Å²) in [5.41, 5.74) is 0. The molecule has 0 bridgehead atoms. The fourth-order valence-corrected chi connectivity index (χ4v) is 3.50. The Labute approximate surface area is 125 Å². The Hall–Kier alpha value is -0.230. The SMILES string of the molecule is CNC(CCCS(C)(=O)=O)CSc1ccc(Cl)cc1. The normalized spacial score (nSPS) is 13.4. The molecule has 3 nitrogen and oxygen atoms in total. The lowest BCUT2D eigenvalue weighted by atomic mass is 10.2. The van der Waals surface area contributed by atoms with Crippen LogP contribution in [0.25, 0.3) is 0 Å². The zero-order valence-electron chi connectivity index (χ0n) is 11.2. The zero-order chi connectivity index (χ0) is 14.3. The van der Waals surface area contributed by atoms with Crippen LogP contribution in [0.1, 0.15) is 12.8 Å². The van der Waals surface area contributed by atoms with Crippen molar-refractivity contribution in [2.24, 2.45) is 0 Å². The first-order valence-corrected chi connectivity index (χ1v) is 9.56. The fraction of sp³-hybridized carbons (Fsp3) is 0.538. The number of halogens is 1. The minimum atomic E-state index is -2.85. The molecule has 19 heavy (non-hydrogen) atoms. The second-order valence-corrected chi connectivity index (χ2v) is 8.31. The molecule has 0 heterocycles. The first kappa shape index (κ1) is 16.8. The highest BCUT2D eigenvalue weighted by Crippen LogP contribution is 2.21. The number of sulfone groups is 1. The average Bonchev–Trinajstić information content (AvgIpc) is 2.34. The van der Waals surface area contributed by atoms with Crippen molar-refractivity contribution < 1.29 is 8.42 Å². The predicted octanol–water partition coefficient (Wildman–Crippen LogP) is 2.84. The van der Waals surface area contributed by atoms with Crippen LogP contribution in [0.5, 0.6) is 0 Å². The highest BCUT2D eigenvalue weighted by atomic mass is 35.5. The number of hydrogen-bond acceptors (Lipinski definition) is 4. The van der Waals surface area contributed by atoms with Crippen molar-refractivity contribution in [3.05, 3.63) is 29.3 Å². The van der Waals surface area contributed by atoms with Gasteiger partial charge in [0.1, 0.15) is 9.84 Å². The van der Waals surface area contributed by atoms with Crippen molar-refractivity contribution in [1.82, 2.24) is 5.32 Å². The summed E-state index contributed by atoms with van der Waals surface area (Å²) >= 11 is 7.58. The Bertz CT molecular complexity index is 474. The molecule has 1 aromatic carbocycles. The van der Waals surface area contributed by atoms with Crippen molar-refractivity contribution in [3.8, 4) is 0 Å². The number of rotatable bonds is 8. The largest absolute Gasteiger partial charge is 0.316 e. The molecule has 0 radical (unpaired) electrons. The molecule has 0 spiro atoms. The van der Waals surface area contributed by atoms with Gasteiger partial charge < -0.3 is 5.32 Å². The van der Waals surface area contributed by atoms with E-state index in [1.165, 1.54) is 11.2 Å². The van der Waals surface area contributed by atoms with E-state index < -0.39 is 9.84 Å². The third-order valence-corrected chi connectivity index (χ3v) is 5.20. The van der Waals surface area contributed by atoms with Gasteiger partial charge in [-0.05, 0) is 44.2 Å². The van der Waals surface area contributed by atoms with Gasteiger partial charge in [0.2, 0.25) is 0 Å². The summed E-state index contributed by atoms with van der Waals surface area (Å²) in [5.74, 6) is 1.18. The van der Waals surface area contributed by atoms with E-state index in [0.29, 0.717) is 12.5 Å². The third-order valence-electron chi connectivity index (χ3n) is 2.74. The number of hydrogen-bond donors (Lipinski definition) is 1. The van der Waals surface area contributed by atoms with Crippen LogP contribution in [0.3, 0.4) is 0 Å². The van der Waals surface area contributed by atoms with Crippen LogP contribution in [0.15, 0.2) is 29.2 Å². The lowest BCUT2D eigenvalue weighted by molar-refractivity contribution is 0.556. The highest BCUT2D eigenvalue weighted by Gasteiger charge is 2.09. The maximum absolute atomic E-state index is 11.1. The van der Waals surface area contributed by atoms with Crippen LogP contribution in [0.4, 0.5) is 0 Å². The summed E-state index contributed by atoms with van der Waals surface area (Å²) < 4.78 is 22.1. The monoisotopic (exact) mass is 321 g/mol. The number of nitrogens with one attached hydrogen (secondary N) is 1. The smallest absolute Gasteiger partial charge is 0.147 e. The van der Waals surface area contributed by atoms with Gasteiger partial charge in [0.05, 0.1) is 0 Å². The molecule has 0 aliphatic carbocycles. The summed E-state index contributed by atoms with van der Waals surface area (Å²) in [6.45, 7) is 0. The van der Waals surface area contributed by atoms with E-state index in [1.54, 1.807) is 11.8 Å². The molecular formula is C13H20ClNO2S2. The molecule has 1 N–H and O–H groups in total. The Balaban J connectivity index is 2.34. The molecule has 1 unspecified atom stereocenters. The summed E-state index contributed by atoms with van der Waals surface area (Å²) in [6.07, 6.45) is 2.85. The highest BCUT2D eigenvalue weighted by molar-refractivity contribution is 7.99. The Morgan fingerprint density at radius 3 is 2.47 bits per heavy atom. The van der Waals surface area contributed by atoms with E-state index in [-0.39, 0.29) is 5.75 Å². The molecule has 1 atom stereocenters. The Kier molecular flexibility index (Phi) is 7.21. The van der Waals surface area contributed by atoms with E-state index in [2.05, 4.69) is 5.32 Å². The second kappa shape index (κ2) is 8.15. The van der Waals surface area contributed by atoms with Gasteiger partial charge in [0.25, 0.3) is 0 Å². The Morgan fingerprint density at radius 1 is 1.32 bits per heavy atom. The first-order valence-electron chi connectivity index (χ1n) is 6.14. The molecule has 0 aliphatic heterocycles. The standard InChI is InChI=1S/C13H20ClNO2S2/c1-15-12(4-3-9-19(2,16)17)10-18-13-7-5-11(14)6-8-13/h5-8,12,15H,3-4,9-10H2,1-2H3. The molecule has 6 heteroatoms. The van der Waals surface area contributed by atoms with E-state index in [9.17, 15) is 8.42 Å². The van der Waals surface area contributed by atoms with E-state index in [4.69, 9.17) is 11.6 Å². The molecular weight excluding hydrogens is 302 g/mol. The minimum Gasteiger partial charge on any atom is -0.316 e. The summed E-state index contributed by atoms with van der Waals surface area (Å²) in [5, 5.41) is 3.97. The van der Waals surface area contributed by atoms with Gasteiger partial charge in [0.15, 0.2) is 0 Å². The molecule has 1 aromatic rings. The van der Waals surface area contributed by atoms with Gasteiger partial charge >= 0.3 is 0 Å². The van der Waals surface area contributed by atoms with Crippen LogP contribution in [-0.4, -0.2) is 39.3 Å². The molecule has 0 saturated carbocycles. The van der Waals surface area contributed by atoms with E-state index in [1.807, 2.05) is 31.3 Å². The number of thioether (sulfide) groups is 1. The summed E-state index contributed by atoms with van der Waals surface area (Å²) in [7, 11) is -0.939. The topological polar surface area (TPSA) is 46.2 Å². The van der Waals surface area contributed by atoms with Crippen molar-refractivity contribution in [2.75, 3.05) is 24.8 Å². The lowest BCUT2D eigenvalue weighted by Crippen LogP contribution is -2.28. The second-order valence-electron chi connectivity index (χ2n) is 4.52. The van der Waals surface area contributed by atoms with Crippen LogP contribution < -0.4 is 5.32 Å². The van der Waals surface area contributed by atoms with Gasteiger partial charge in [-0.15, -0.1) is 11.8 Å². The zero-order valence-corrected chi connectivity index (χ0v) is 13.6. The lowest BCUT2D eigenvalue weighted by Gasteiger charge is -2.15. The molecule has 0 fully saturated rings. The van der Waals surface area contributed by atoms with Gasteiger partial charge in [-0.2, -0.15) is 0 Å². The van der Waals surface area contributed by atoms with Gasteiger partial charge in [-0.1, -0.05) is 11.6 Å².